The van der Waals surface area contributed by atoms with Gasteiger partial charge in [0.15, 0.2) is 17.2 Å². The highest BCUT2D eigenvalue weighted by Crippen LogP contribution is 2.46. The van der Waals surface area contributed by atoms with Crippen molar-refractivity contribution in [1.29, 1.82) is 0 Å². The summed E-state index contributed by atoms with van der Waals surface area (Å²) in [5.41, 5.74) is -0.466. The first-order valence-corrected chi connectivity index (χ1v) is 9.63. The monoisotopic (exact) mass is 408 g/mol. The van der Waals surface area contributed by atoms with E-state index in [0.717, 1.165) is 11.2 Å². The van der Waals surface area contributed by atoms with Crippen molar-refractivity contribution in [2.45, 2.75) is 24.5 Å². The van der Waals surface area contributed by atoms with E-state index in [2.05, 4.69) is 21.2 Å². The molecule has 3 rings (SSSR count). The third-order valence-corrected chi connectivity index (χ3v) is 5.28. The molecule has 2 saturated heterocycles. The third kappa shape index (κ3) is 2.46. The van der Waals surface area contributed by atoms with E-state index in [1.165, 1.54) is 0 Å². The van der Waals surface area contributed by atoms with Crippen molar-refractivity contribution in [3.63, 3.8) is 0 Å². The molecule has 126 valence electrons. The summed E-state index contributed by atoms with van der Waals surface area (Å²) in [7, 11) is -3.96. The van der Waals surface area contributed by atoms with Gasteiger partial charge in [-0.2, -0.15) is 8.42 Å². The Balaban J connectivity index is 2.05. The van der Waals surface area contributed by atoms with Gasteiger partial charge in [0.25, 0.3) is 0 Å². The van der Waals surface area contributed by atoms with Gasteiger partial charge in [-0.25, -0.2) is 4.79 Å². The Morgan fingerprint density at radius 3 is 2.65 bits per heavy atom. The molecule has 0 spiro atoms. The molecule has 4 atom stereocenters. The van der Waals surface area contributed by atoms with Gasteiger partial charge < -0.3 is 9.29 Å². The van der Waals surface area contributed by atoms with Crippen LogP contribution in [0.3, 0.4) is 0 Å². The molecule has 0 aromatic carbocycles. The molecule has 9 nitrogen and oxygen atoms in total. The van der Waals surface area contributed by atoms with Crippen LogP contribution in [0.2, 0.25) is 0 Å². The highest BCUT2D eigenvalue weighted by molar-refractivity contribution is 9.09. The number of hydrogen-bond acceptors (Lipinski definition) is 7. The number of alkyl halides is 1. The number of hydrogen-bond donors (Lipinski definition) is 2. The average Bonchev–Trinajstić information content (AvgIpc) is 2.79. The van der Waals surface area contributed by atoms with Gasteiger partial charge in [-0.05, 0) is 0 Å². The predicted molar refractivity (Wildman–Crippen MR) is 78.8 cm³/mol. The lowest BCUT2D eigenvalue weighted by atomic mass is 9.78. The molecular weight excluding hydrogens is 396 g/mol. The lowest BCUT2D eigenvalue weighted by Crippen LogP contribution is -2.68. The first-order chi connectivity index (χ1) is 10.7. The number of Topliss-reactive ketones (excluding diaryl/α,β-unsaturated/α-hetero) is 1. The Labute approximate surface area is 139 Å². The maximum atomic E-state index is 12.2. The van der Waals surface area contributed by atoms with Gasteiger partial charge >= 0.3 is 16.1 Å². The van der Waals surface area contributed by atoms with Gasteiger partial charge in [-0.15, -0.1) is 0 Å². The summed E-state index contributed by atoms with van der Waals surface area (Å²) in [6.07, 6.45) is 0.746. The van der Waals surface area contributed by atoms with Gasteiger partial charge in [-0.3, -0.25) is 19.8 Å². The smallest absolute Gasteiger partial charge is 0.356 e. The van der Waals surface area contributed by atoms with Crippen LogP contribution in [-0.2, 0) is 28.7 Å². The predicted octanol–water partition coefficient (Wildman–Crippen LogP) is -1.21. The first kappa shape index (κ1) is 16.4. The van der Waals surface area contributed by atoms with Crippen LogP contribution in [0.25, 0.3) is 0 Å². The highest BCUT2D eigenvalue weighted by atomic mass is 79.9. The summed E-state index contributed by atoms with van der Waals surface area (Å²) < 4.78 is 27.6. The van der Waals surface area contributed by atoms with Crippen LogP contribution >= 0.6 is 15.9 Å². The Morgan fingerprint density at radius 1 is 1.48 bits per heavy atom. The van der Waals surface area contributed by atoms with E-state index in [0.29, 0.717) is 0 Å². The third-order valence-electron chi connectivity index (χ3n) is 4.23. The van der Waals surface area contributed by atoms with Crippen molar-refractivity contribution in [2.75, 3.05) is 11.6 Å². The zero-order chi connectivity index (χ0) is 17.1. The number of ketones is 1. The van der Waals surface area contributed by atoms with Crippen LogP contribution in [0.5, 0.6) is 0 Å². The van der Waals surface area contributed by atoms with E-state index >= 15 is 0 Å². The number of carbonyl (C=O) groups excluding carboxylic acids is 2. The molecule has 0 aromatic heterocycles. The summed E-state index contributed by atoms with van der Waals surface area (Å²) in [6.45, 7) is 0. The van der Waals surface area contributed by atoms with Gasteiger partial charge in [0.05, 0.1) is 23.7 Å². The molecule has 3 aliphatic heterocycles. The minimum absolute atomic E-state index is 0.0456. The number of carboxylic acid groups (broad SMARTS) is 1. The van der Waals surface area contributed by atoms with Crippen LogP contribution in [0, 0.1) is 5.92 Å². The summed E-state index contributed by atoms with van der Waals surface area (Å²) in [5.74, 6) is -2.87. The minimum atomic E-state index is -3.96. The van der Waals surface area contributed by atoms with Crippen molar-refractivity contribution in [3.05, 3.63) is 11.5 Å². The van der Waals surface area contributed by atoms with E-state index < -0.39 is 51.7 Å². The SMILES string of the molecule is CS(=O)(=O)OC1=C(C(=O)O)N2C(=O)[C@H]3NC(C(=O)CBr)[C@@H](C1)C32. The molecule has 2 fully saturated rings. The van der Waals surface area contributed by atoms with Crippen LogP contribution in [-0.4, -0.2) is 65.8 Å². The van der Waals surface area contributed by atoms with Crippen molar-refractivity contribution in [2.24, 2.45) is 5.92 Å². The van der Waals surface area contributed by atoms with Crippen LogP contribution < -0.4 is 5.32 Å². The van der Waals surface area contributed by atoms with Gasteiger partial charge in [-0.1, -0.05) is 15.9 Å². The highest BCUT2D eigenvalue weighted by Gasteiger charge is 2.64. The molecule has 0 radical (unpaired) electrons. The fraction of sp³-hybridized carbons (Fsp3) is 0.583. The topological polar surface area (TPSA) is 130 Å². The van der Waals surface area contributed by atoms with Crippen LogP contribution in [0.1, 0.15) is 6.42 Å². The lowest BCUT2D eigenvalue weighted by molar-refractivity contribution is -0.154. The number of nitrogens with one attached hydrogen (secondary N) is 1. The van der Waals surface area contributed by atoms with E-state index in [4.69, 9.17) is 4.18 Å². The van der Waals surface area contributed by atoms with E-state index in [1.54, 1.807) is 0 Å². The van der Waals surface area contributed by atoms with Gasteiger partial charge in [0.2, 0.25) is 5.91 Å². The summed E-state index contributed by atoms with van der Waals surface area (Å²) >= 11 is 3.07. The summed E-state index contributed by atoms with van der Waals surface area (Å²) in [4.78, 5) is 36.7. The molecule has 0 aromatic rings. The number of halogens is 1. The van der Waals surface area contributed by atoms with Crippen molar-refractivity contribution >= 4 is 43.7 Å². The minimum Gasteiger partial charge on any atom is -0.476 e. The molecule has 3 aliphatic rings. The Kier molecular flexibility index (Phi) is 3.76. The van der Waals surface area contributed by atoms with E-state index in [1.807, 2.05) is 0 Å². The number of allylic oxidation sites excluding steroid dienone is 1. The van der Waals surface area contributed by atoms with Crippen molar-refractivity contribution in [1.82, 2.24) is 10.2 Å². The molecule has 1 amide bonds. The second-order valence-electron chi connectivity index (χ2n) is 5.65. The summed E-state index contributed by atoms with van der Waals surface area (Å²) in [5, 5.41) is 12.3. The molecule has 0 aliphatic carbocycles. The Hall–Kier alpha value is -1.46. The fourth-order valence-corrected chi connectivity index (χ4v) is 4.33. The molecular formula is C12H13BrN2O7S. The zero-order valence-electron chi connectivity index (χ0n) is 11.9. The normalized spacial score (nSPS) is 32.4. The molecule has 2 unspecified atom stereocenters. The molecule has 3 heterocycles. The average molecular weight is 409 g/mol. The maximum absolute atomic E-state index is 12.2. The first-order valence-electron chi connectivity index (χ1n) is 6.69. The number of carbonyl (C=O) groups is 3. The fourth-order valence-electron chi connectivity index (χ4n) is 3.47. The second-order valence-corrected chi connectivity index (χ2v) is 7.79. The standard InChI is InChI=1S/C12H13BrN2O7S/c1-23(20,21)22-6-2-4-7(5(16)3-13)14-8-9(4)15(11(8)17)10(6)12(18)19/h4,7-9,14H,2-3H2,1H3,(H,18,19)/t4-,7?,8+,9?/m1/s1. The Bertz CT molecular complexity index is 747. The van der Waals surface area contributed by atoms with Crippen molar-refractivity contribution < 1.29 is 32.1 Å². The number of carboxylic acids is 1. The number of β-lactam (4-membered cyclic amide) rings is 1. The molecule has 23 heavy (non-hydrogen) atoms. The number of rotatable bonds is 5. The second kappa shape index (κ2) is 5.28. The quantitative estimate of drug-likeness (QED) is 0.329. The number of amides is 1. The zero-order valence-corrected chi connectivity index (χ0v) is 14.3. The largest absolute Gasteiger partial charge is 0.476 e. The van der Waals surface area contributed by atoms with Gasteiger partial charge in [0, 0.05) is 12.3 Å². The lowest BCUT2D eigenvalue weighted by Gasteiger charge is -2.48. The number of aliphatic carboxylic acids is 1. The van der Waals surface area contributed by atoms with Crippen molar-refractivity contribution in [3.8, 4) is 0 Å². The maximum Gasteiger partial charge on any atom is 0.356 e. The van der Waals surface area contributed by atoms with Crippen LogP contribution in [0.4, 0.5) is 0 Å². The molecule has 11 heteroatoms. The molecule has 0 saturated carbocycles. The van der Waals surface area contributed by atoms with Gasteiger partial charge in [0.1, 0.15) is 6.04 Å². The summed E-state index contributed by atoms with van der Waals surface area (Å²) in [6, 6.07) is -1.76. The van der Waals surface area contributed by atoms with Crippen LogP contribution in [0.15, 0.2) is 11.5 Å². The number of nitrogens with zero attached hydrogens (tertiary/aromatic N) is 1. The molecule has 2 N–H and O–H groups in total. The van der Waals surface area contributed by atoms with E-state index in [9.17, 15) is 27.9 Å². The Morgan fingerprint density at radius 2 is 2.13 bits per heavy atom. The van der Waals surface area contributed by atoms with E-state index in [-0.39, 0.29) is 23.3 Å². The molecule has 0 bridgehead atoms.